The van der Waals surface area contributed by atoms with E-state index in [2.05, 4.69) is 33.0 Å². The average molecular weight is 463 g/mol. The largest absolute Gasteiger partial charge is 0.383 e. The fraction of sp³-hybridized carbons (Fsp3) is 0.458. The predicted molar refractivity (Wildman–Crippen MR) is 128 cm³/mol. The van der Waals surface area contributed by atoms with Crippen molar-refractivity contribution in [2.75, 3.05) is 31.8 Å². The fourth-order valence-electron chi connectivity index (χ4n) is 3.43. The first kappa shape index (κ1) is 25.7. The molecule has 1 N–H and O–H groups in total. The minimum absolute atomic E-state index is 0.212. The van der Waals surface area contributed by atoms with E-state index in [1.807, 2.05) is 24.3 Å². The number of anilines is 1. The van der Waals surface area contributed by atoms with E-state index >= 15 is 0 Å². The highest BCUT2D eigenvalue weighted by atomic mass is 32.2. The zero-order chi connectivity index (χ0) is 23.9. The Kier molecular flexibility index (Phi) is 9.09. The molecular weight excluding hydrogens is 428 g/mol. The second-order valence-electron chi connectivity index (χ2n) is 8.40. The second kappa shape index (κ2) is 11.3. The molecule has 0 aliphatic carbocycles. The van der Waals surface area contributed by atoms with E-state index in [9.17, 15) is 13.2 Å². The lowest BCUT2D eigenvalue weighted by atomic mass is 9.93. The molecule has 0 aliphatic rings. The number of rotatable bonds is 10. The van der Waals surface area contributed by atoms with E-state index in [0.717, 1.165) is 28.6 Å². The molecule has 2 rings (SSSR count). The van der Waals surface area contributed by atoms with Gasteiger partial charge in [0.15, 0.2) is 0 Å². The molecule has 0 spiro atoms. The third-order valence-electron chi connectivity index (χ3n) is 4.98. The molecule has 176 valence electrons. The lowest BCUT2D eigenvalue weighted by molar-refractivity contribution is 0.153. The number of urea groups is 1. The molecule has 7 nitrogen and oxygen atoms in total. The number of carbonyl (C=O) groups excluding carboxylic acids is 1. The molecule has 0 heterocycles. The van der Waals surface area contributed by atoms with Crippen LogP contribution in [-0.4, -0.2) is 45.9 Å². The summed E-state index contributed by atoms with van der Waals surface area (Å²) in [6, 6.07) is 12.6. The van der Waals surface area contributed by atoms with Gasteiger partial charge in [-0.2, -0.15) is 8.42 Å². The van der Waals surface area contributed by atoms with Crippen molar-refractivity contribution in [1.82, 2.24) is 4.90 Å². The first-order valence-corrected chi connectivity index (χ1v) is 12.5. The number of nitrogens with one attached hydrogen (secondary N) is 1. The SMILES string of the molecule is COCCN(Cc1cccc(OS(C)(=O)=O)c1)C(=O)Nc1c(C(C)C)cccc1C(C)C. The Bertz CT molecular complexity index is 993. The number of methoxy groups -OCH3 is 1. The van der Waals surface area contributed by atoms with Crippen molar-refractivity contribution in [3.05, 3.63) is 59.2 Å². The van der Waals surface area contributed by atoms with Gasteiger partial charge in [0.1, 0.15) is 5.75 Å². The molecule has 0 aliphatic heterocycles. The van der Waals surface area contributed by atoms with Crippen LogP contribution in [0.5, 0.6) is 5.75 Å². The summed E-state index contributed by atoms with van der Waals surface area (Å²) in [5, 5.41) is 3.13. The molecular formula is C24H34N2O5S. The molecule has 0 bridgehead atoms. The minimum atomic E-state index is -3.63. The van der Waals surface area contributed by atoms with Crippen LogP contribution in [0.4, 0.5) is 10.5 Å². The number of carbonyl (C=O) groups is 1. The standard InChI is InChI=1S/C24H34N2O5S/c1-17(2)21-11-8-12-22(18(3)4)23(21)25-24(27)26(13-14-30-5)16-19-9-7-10-20(15-19)31-32(6,28)29/h7-12,15,17-18H,13-14,16H2,1-6H3,(H,25,27). The molecule has 0 fully saturated rings. The smallest absolute Gasteiger partial charge is 0.322 e. The Morgan fingerprint density at radius 3 is 2.16 bits per heavy atom. The zero-order valence-corrected chi connectivity index (χ0v) is 20.5. The number of nitrogens with zero attached hydrogens (tertiary/aromatic N) is 1. The molecule has 2 aromatic carbocycles. The van der Waals surface area contributed by atoms with Crippen LogP contribution in [0.1, 0.15) is 56.2 Å². The van der Waals surface area contributed by atoms with Gasteiger partial charge in [-0.1, -0.05) is 58.0 Å². The highest BCUT2D eigenvalue weighted by Crippen LogP contribution is 2.32. The van der Waals surface area contributed by atoms with Crippen molar-refractivity contribution in [2.45, 2.75) is 46.1 Å². The molecule has 0 saturated heterocycles. The van der Waals surface area contributed by atoms with Gasteiger partial charge in [-0.15, -0.1) is 0 Å². The Morgan fingerprint density at radius 1 is 1.03 bits per heavy atom. The molecule has 0 radical (unpaired) electrons. The van der Waals surface area contributed by atoms with Crippen LogP contribution in [0, 0.1) is 0 Å². The Hall–Kier alpha value is -2.58. The Balaban J connectivity index is 2.31. The van der Waals surface area contributed by atoms with Crippen LogP contribution >= 0.6 is 0 Å². The summed E-state index contributed by atoms with van der Waals surface area (Å²) in [7, 11) is -2.05. The molecule has 0 saturated carbocycles. The van der Waals surface area contributed by atoms with Crippen LogP contribution < -0.4 is 9.50 Å². The first-order chi connectivity index (χ1) is 15.0. The van der Waals surface area contributed by atoms with Gasteiger partial charge >= 0.3 is 16.1 Å². The van der Waals surface area contributed by atoms with Crippen molar-refractivity contribution in [3.63, 3.8) is 0 Å². The fourth-order valence-corrected chi connectivity index (χ4v) is 3.88. The summed E-state index contributed by atoms with van der Waals surface area (Å²) in [6.07, 6.45) is 0.997. The third-order valence-corrected chi connectivity index (χ3v) is 5.47. The van der Waals surface area contributed by atoms with Crippen molar-refractivity contribution in [3.8, 4) is 5.75 Å². The summed E-state index contributed by atoms with van der Waals surface area (Å²) in [5.74, 6) is 0.715. The van der Waals surface area contributed by atoms with Crippen molar-refractivity contribution in [1.29, 1.82) is 0 Å². The van der Waals surface area contributed by atoms with Crippen molar-refractivity contribution >= 4 is 21.8 Å². The number of amides is 2. The predicted octanol–water partition coefficient (Wildman–Crippen LogP) is 4.95. The third kappa shape index (κ3) is 7.53. The summed E-state index contributed by atoms with van der Waals surface area (Å²) in [5.41, 5.74) is 3.76. The average Bonchev–Trinajstić information content (AvgIpc) is 2.69. The lowest BCUT2D eigenvalue weighted by Gasteiger charge is -2.26. The summed E-state index contributed by atoms with van der Waals surface area (Å²) < 4.78 is 33.1. The topological polar surface area (TPSA) is 84.9 Å². The van der Waals surface area contributed by atoms with Crippen LogP contribution in [-0.2, 0) is 21.4 Å². The number of hydrogen-bond donors (Lipinski definition) is 1. The summed E-state index contributed by atoms with van der Waals surface area (Å²) in [4.78, 5) is 15.0. The van der Waals surface area contributed by atoms with Gasteiger partial charge < -0.3 is 19.1 Å². The van der Waals surface area contributed by atoms with Gasteiger partial charge in [0, 0.05) is 25.9 Å². The van der Waals surface area contributed by atoms with Crippen LogP contribution in [0.25, 0.3) is 0 Å². The summed E-state index contributed by atoms with van der Waals surface area (Å²) >= 11 is 0. The lowest BCUT2D eigenvalue weighted by Crippen LogP contribution is -2.37. The molecule has 2 aromatic rings. The van der Waals surface area contributed by atoms with Gasteiger partial charge in [0.05, 0.1) is 12.9 Å². The number of hydrogen-bond acceptors (Lipinski definition) is 5. The van der Waals surface area contributed by atoms with Gasteiger partial charge in [-0.25, -0.2) is 4.79 Å². The Morgan fingerprint density at radius 2 is 1.62 bits per heavy atom. The van der Waals surface area contributed by atoms with E-state index in [1.165, 1.54) is 0 Å². The maximum Gasteiger partial charge on any atom is 0.322 e. The quantitative estimate of drug-likeness (QED) is 0.505. The zero-order valence-electron chi connectivity index (χ0n) is 19.7. The van der Waals surface area contributed by atoms with Gasteiger partial charge in [0.2, 0.25) is 0 Å². The van der Waals surface area contributed by atoms with E-state index in [1.54, 1.807) is 30.2 Å². The second-order valence-corrected chi connectivity index (χ2v) is 9.98. The van der Waals surface area contributed by atoms with Gasteiger partial charge in [0.25, 0.3) is 0 Å². The Labute approximate surface area is 191 Å². The normalized spacial score (nSPS) is 11.6. The number of para-hydroxylation sites is 1. The monoisotopic (exact) mass is 462 g/mol. The highest BCUT2D eigenvalue weighted by molar-refractivity contribution is 7.86. The molecule has 8 heteroatoms. The van der Waals surface area contributed by atoms with Crippen molar-refractivity contribution in [2.24, 2.45) is 0 Å². The van der Waals surface area contributed by atoms with Crippen molar-refractivity contribution < 1.29 is 22.1 Å². The molecule has 0 atom stereocenters. The van der Waals surface area contributed by atoms with E-state index in [-0.39, 0.29) is 30.2 Å². The minimum Gasteiger partial charge on any atom is -0.383 e. The first-order valence-electron chi connectivity index (χ1n) is 10.7. The number of benzene rings is 2. The molecule has 0 aromatic heterocycles. The van der Waals surface area contributed by atoms with E-state index in [0.29, 0.717) is 13.2 Å². The maximum absolute atomic E-state index is 13.3. The summed E-state index contributed by atoms with van der Waals surface area (Å²) in [6.45, 7) is 9.43. The maximum atomic E-state index is 13.3. The van der Waals surface area contributed by atoms with E-state index < -0.39 is 10.1 Å². The number of ether oxygens (including phenoxy) is 1. The van der Waals surface area contributed by atoms with Crippen LogP contribution in [0.15, 0.2) is 42.5 Å². The van der Waals surface area contributed by atoms with Gasteiger partial charge in [-0.3, -0.25) is 0 Å². The molecule has 0 unspecified atom stereocenters. The van der Waals surface area contributed by atoms with E-state index in [4.69, 9.17) is 8.92 Å². The van der Waals surface area contributed by atoms with Gasteiger partial charge in [-0.05, 0) is 40.7 Å². The molecule has 32 heavy (non-hydrogen) atoms. The molecule has 2 amide bonds. The van der Waals surface area contributed by atoms with Crippen LogP contribution in [0.3, 0.4) is 0 Å². The highest BCUT2D eigenvalue weighted by Gasteiger charge is 2.20. The van der Waals surface area contributed by atoms with Crippen LogP contribution in [0.2, 0.25) is 0 Å².